The van der Waals surface area contributed by atoms with Gasteiger partial charge in [-0.3, -0.25) is 19.0 Å². The number of rotatable bonds is 7. The number of likely N-dealkylation sites (N-methyl/N-ethyl adjacent to an activating group) is 1. The van der Waals surface area contributed by atoms with E-state index < -0.39 is 12.0 Å². The van der Waals surface area contributed by atoms with Gasteiger partial charge >= 0.3 is 0 Å². The van der Waals surface area contributed by atoms with Crippen LogP contribution in [-0.4, -0.2) is 35.6 Å². The van der Waals surface area contributed by atoms with Gasteiger partial charge in [0, 0.05) is 37.3 Å². The number of carbonyl (C=O) groups is 2. The molecule has 1 atom stereocenters. The molecule has 0 saturated carbocycles. The number of aromatic nitrogens is 1. The fourth-order valence-corrected chi connectivity index (χ4v) is 4.24. The van der Waals surface area contributed by atoms with Crippen LogP contribution in [0.15, 0.2) is 40.8 Å². The van der Waals surface area contributed by atoms with Gasteiger partial charge in [0.25, 0.3) is 17.4 Å². The Bertz CT molecular complexity index is 1370. The van der Waals surface area contributed by atoms with Crippen molar-refractivity contribution < 1.29 is 14.3 Å². The van der Waals surface area contributed by atoms with Gasteiger partial charge in [-0.1, -0.05) is 28.9 Å². The Balaban J connectivity index is 1.87. The van der Waals surface area contributed by atoms with Crippen molar-refractivity contribution >= 4 is 46.0 Å². The van der Waals surface area contributed by atoms with Gasteiger partial charge in [-0.05, 0) is 44.9 Å². The molecule has 2 aromatic rings. The van der Waals surface area contributed by atoms with Crippen molar-refractivity contribution in [3.63, 3.8) is 0 Å². The molecule has 3 rings (SSSR count). The molecule has 1 aliphatic rings. The Morgan fingerprint density at radius 3 is 2.79 bits per heavy atom. The lowest BCUT2D eigenvalue weighted by molar-refractivity contribution is -0.124. The highest BCUT2D eigenvalue weighted by Crippen LogP contribution is 2.18. The van der Waals surface area contributed by atoms with Gasteiger partial charge in [-0.2, -0.15) is 5.26 Å². The normalized spacial score (nSPS) is 14.3. The third-order valence-electron chi connectivity index (χ3n) is 4.90. The van der Waals surface area contributed by atoms with Crippen molar-refractivity contribution in [2.45, 2.75) is 39.3 Å². The Morgan fingerprint density at radius 2 is 2.12 bits per heavy atom. The molecule has 0 radical (unpaired) electrons. The second kappa shape index (κ2) is 11.8. The summed E-state index contributed by atoms with van der Waals surface area (Å²) in [7, 11) is 0. The number of amides is 2. The summed E-state index contributed by atoms with van der Waals surface area (Å²) in [5, 5.41) is 17.7. The summed E-state index contributed by atoms with van der Waals surface area (Å²) in [6, 6.07) is 8.96. The molecule has 1 fully saturated rings. The lowest BCUT2D eigenvalue weighted by Gasteiger charge is -2.11. The Labute approximate surface area is 200 Å². The molecular weight excluding hydrogens is 454 g/mol. The average Bonchev–Trinajstić information content (AvgIpc) is 3.46. The van der Waals surface area contributed by atoms with E-state index in [1.165, 1.54) is 10.8 Å². The first kappa shape index (κ1) is 24.8. The van der Waals surface area contributed by atoms with Crippen LogP contribution in [0.4, 0.5) is 11.4 Å². The van der Waals surface area contributed by atoms with Crippen LogP contribution in [0.5, 0.6) is 0 Å². The average molecular weight is 480 g/mol. The molecule has 1 aliphatic heterocycles. The third-order valence-corrected chi connectivity index (χ3v) is 5.91. The zero-order valence-corrected chi connectivity index (χ0v) is 19.8. The number of ether oxygens (including phenoxy) is 1. The summed E-state index contributed by atoms with van der Waals surface area (Å²) >= 11 is 1.08. The van der Waals surface area contributed by atoms with E-state index in [-0.39, 0.29) is 17.0 Å². The van der Waals surface area contributed by atoms with Gasteiger partial charge in [0.05, 0.1) is 0 Å². The SMILES string of the molecule is CCNC(=O)C(=C=c1sc(=C=CNc2cccc(NC(=O)C3CCCO3)c2)c(=O)n1CC)C#N. The summed E-state index contributed by atoms with van der Waals surface area (Å²) in [5.41, 5.74) is 6.50. The molecule has 1 unspecified atom stereocenters. The maximum Gasteiger partial charge on any atom is 0.277 e. The zero-order valence-electron chi connectivity index (χ0n) is 18.9. The predicted molar refractivity (Wildman–Crippen MR) is 130 cm³/mol. The van der Waals surface area contributed by atoms with Crippen LogP contribution in [0.25, 0.3) is 11.5 Å². The molecule has 176 valence electrons. The van der Waals surface area contributed by atoms with Crippen LogP contribution in [-0.2, 0) is 20.9 Å². The molecule has 1 aromatic carbocycles. The maximum atomic E-state index is 12.7. The van der Waals surface area contributed by atoms with Gasteiger partial charge in [0.2, 0.25) is 0 Å². The van der Waals surface area contributed by atoms with Gasteiger partial charge in [-0.15, -0.1) is 0 Å². The van der Waals surface area contributed by atoms with E-state index in [1.54, 1.807) is 32.0 Å². The van der Waals surface area contributed by atoms with Gasteiger partial charge < -0.3 is 20.7 Å². The number of benzene rings is 1. The van der Waals surface area contributed by atoms with E-state index in [2.05, 4.69) is 27.4 Å². The Kier molecular flexibility index (Phi) is 8.63. The smallest absolute Gasteiger partial charge is 0.277 e. The fraction of sp³-hybridized carbons (Fsp3) is 0.333. The third kappa shape index (κ3) is 6.13. The summed E-state index contributed by atoms with van der Waals surface area (Å²) in [6.07, 6.45) is 2.67. The number of thiazole rings is 1. The minimum absolute atomic E-state index is 0.170. The van der Waals surface area contributed by atoms with E-state index in [4.69, 9.17) is 4.74 Å². The molecule has 0 bridgehead atoms. The van der Waals surface area contributed by atoms with Crippen molar-refractivity contribution in [3.05, 3.63) is 55.6 Å². The Morgan fingerprint density at radius 1 is 1.32 bits per heavy atom. The van der Waals surface area contributed by atoms with Crippen molar-refractivity contribution in [2.24, 2.45) is 0 Å². The van der Waals surface area contributed by atoms with Crippen LogP contribution >= 0.6 is 11.3 Å². The van der Waals surface area contributed by atoms with Crippen molar-refractivity contribution in [1.82, 2.24) is 9.88 Å². The summed E-state index contributed by atoms with van der Waals surface area (Å²) in [6.45, 7) is 4.87. The van der Waals surface area contributed by atoms with E-state index in [1.807, 2.05) is 12.1 Å². The minimum Gasteiger partial charge on any atom is -0.368 e. The number of nitrogens with one attached hydrogen (secondary N) is 3. The lowest BCUT2D eigenvalue weighted by Crippen LogP contribution is -2.30. The molecule has 9 nitrogen and oxygen atoms in total. The van der Waals surface area contributed by atoms with Crippen molar-refractivity contribution in [1.29, 1.82) is 5.26 Å². The molecule has 2 amide bonds. The lowest BCUT2D eigenvalue weighted by atomic mass is 10.2. The van der Waals surface area contributed by atoms with Gasteiger partial charge in [0.15, 0.2) is 5.57 Å². The summed E-state index contributed by atoms with van der Waals surface area (Å²) in [5.74, 6) is -0.709. The molecular formula is C24H25N5O4S. The molecule has 34 heavy (non-hydrogen) atoms. The maximum absolute atomic E-state index is 12.7. The van der Waals surface area contributed by atoms with Gasteiger partial charge in [-0.25, -0.2) is 0 Å². The second-order valence-corrected chi connectivity index (χ2v) is 8.26. The van der Waals surface area contributed by atoms with E-state index in [0.29, 0.717) is 46.7 Å². The van der Waals surface area contributed by atoms with Crippen LogP contribution in [0.3, 0.4) is 0 Å². The van der Waals surface area contributed by atoms with Crippen molar-refractivity contribution in [3.8, 4) is 6.07 Å². The Hall–Kier alpha value is -3.86. The number of hydrogen-bond donors (Lipinski definition) is 3. The topological polar surface area (TPSA) is 125 Å². The highest BCUT2D eigenvalue weighted by molar-refractivity contribution is 7.07. The zero-order chi connectivity index (χ0) is 24.5. The molecule has 2 heterocycles. The first-order valence-electron chi connectivity index (χ1n) is 10.9. The van der Waals surface area contributed by atoms with Crippen molar-refractivity contribution in [2.75, 3.05) is 23.8 Å². The minimum atomic E-state index is -0.539. The molecule has 3 N–H and O–H groups in total. The first-order valence-corrected chi connectivity index (χ1v) is 11.7. The van der Waals surface area contributed by atoms with Crippen LogP contribution in [0, 0.1) is 11.3 Å². The standard InChI is InChI=1S/C24H25N5O4S/c1-3-26-22(30)16(15-25)13-21-29(4-2)24(32)20(34-21)10-11-27-17-7-5-8-18(14-17)28-23(31)19-9-6-12-33-19/h5,7-8,11,14,19,27H,3-4,6,9,12H2,1-2H3,(H,26,30)(H,28,31). The number of carbonyl (C=O) groups excluding carboxylic acids is 2. The molecule has 0 spiro atoms. The largest absolute Gasteiger partial charge is 0.368 e. The molecule has 0 aliphatic carbocycles. The fourth-order valence-electron chi connectivity index (χ4n) is 3.25. The monoisotopic (exact) mass is 479 g/mol. The molecule has 10 heteroatoms. The molecule has 1 aromatic heterocycles. The number of nitrogens with zero attached hydrogens (tertiary/aromatic N) is 2. The quantitative estimate of drug-likeness (QED) is 0.402. The van der Waals surface area contributed by atoms with Gasteiger partial charge in [0.1, 0.15) is 21.4 Å². The second-order valence-electron chi connectivity index (χ2n) is 7.26. The van der Waals surface area contributed by atoms with Crippen LogP contribution < -0.4 is 30.7 Å². The summed E-state index contributed by atoms with van der Waals surface area (Å²) in [4.78, 5) is 36.9. The van der Waals surface area contributed by atoms with E-state index in [9.17, 15) is 19.6 Å². The highest BCUT2D eigenvalue weighted by Gasteiger charge is 2.23. The van der Waals surface area contributed by atoms with Crippen LogP contribution in [0.1, 0.15) is 26.7 Å². The summed E-state index contributed by atoms with van der Waals surface area (Å²) < 4.78 is 7.49. The van der Waals surface area contributed by atoms with Crippen LogP contribution in [0.2, 0.25) is 0 Å². The van der Waals surface area contributed by atoms with E-state index >= 15 is 0 Å². The number of anilines is 2. The number of hydrogen-bond acceptors (Lipinski definition) is 7. The highest BCUT2D eigenvalue weighted by atomic mass is 32.1. The molecule has 1 saturated heterocycles. The number of nitriles is 1. The first-order chi connectivity index (χ1) is 16.5. The van der Waals surface area contributed by atoms with E-state index in [0.717, 1.165) is 17.8 Å². The predicted octanol–water partition coefficient (Wildman–Crippen LogP) is 1.02.